The minimum atomic E-state index is 0.215. The topological polar surface area (TPSA) is 41.6 Å². The summed E-state index contributed by atoms with van der Waals surface area (Å²) in [5, 5.41) is 2.89. The molecule has 1 saturated heterocycles. The van der Waals surface area contributed by atoms with Crippen molar-refractivity contribution in [3.8, 4) is 0 Å². The highest BCUT2D eigenvalue weighted by molar-refractivity contribution is 5.78. The van der Waals surface area contributed by atoms with Gasteiger partial charge in [-0.15, -0.1) is 0 Å². The van der Waals surface area contributed by atoms with E-state index in [2.05, 4.69) is 5.32 Å². The van der Waals surface area contributed by atoms with Crippen molar-refractivity contribution < 1.29 is 9.53 Å². The van der Waals surface area contributed by atoms with Crippen LogP contribution >= 0.6 is 0 Å². The van der Waals surface area contributed by atoms with E-state index in [0.717, 1.165) is 39.1 Å². The van der Waals surface area contributed by atoms with Crippen molar-refractivity contribution in [2.75, 3.05) is 39.9 Å². The first-order chi connectivity index (χ1) is 7.27. The molecule has 1 aliphatic heterocycles. The molecule has 1 amide bonds. The molecule has 15 heavy (non-hydrogen) atoms. The van der Waals surface area contributed by atoms with Crippen molar-refractivity contribution in [3.63, 3.8) is 0 Å². The fourth-order valence-electron chi connectivity index (χ4n) is 1.90. The van der Waals surface area contributed by atoms with Gasteiger partial charge in [0.1, 0.15) is 0 Å². The van der Waals surface area contributed by atoms with Crippen LogP contribution in [0, 0.1) is 5.92 Å². The first-order valence-corrected chi connectivity index (χ1v) is 5.78. The van der Waals surface area contributed by atoms with Crippen molar-refractivity contribution in [3.05, 3.63) is 0 Å². The lowest BCUT2D eigenvalue weighted by molar-refractivity contribution is -0.131. The molecule has 0 bridgehead atoms. The zero-order chi connectivity index (χ0) is 11.1. The molecule has 88 valence electrons. The lowest BCUT2D eigenvalue weighted by atomic mass is 9.98. The van der Waals surface area contributed by atoms with Crippen LogP contribution in [0.5, 0.6) is 0 Å². The van der Waals surface area contributed by atoms with Gasteiger partial charge in [-0.05, 0) is 32.7 Å². The summed E-state index contributed by atoms with van der Waals surface area (Å²) in [6.45, 7) is 5.89. The Bertz CT molecular complexity index is 189. The van der Waals surface area contributed by atoms with E-state index < -0.39 is 0 Å². The number of amides is 1. The summed E-state index contributed by atoms with van der Waals surface area (Å²) in [5.74, 6) is 0.857. The van der Waals surface area contributed by atoms with E-state index in [9.17, 15) is 4.79 Å². The second kappa shape index (κ2) is 6.80. The van der Waals surface area contributed by atoms with Crippen molar-refractivity contribution in [1.82, 2.24) is 10.2 Å². The van der Waals surface area contributed by atoms with Gasteiger partial charge in [-0.3, -0.25) is 4.79 Å². The van der Waals surface area contributed by atoms with E-state index >= 15 is 0 Å². The second-order valence-corrected chi connectivity index (χ2v) is 4.01. The molecule has 0 aromatic rings. The van der Waals surface area contributed by atoms with Gasteiger partial charge in [0.2, 0.25) is 5.91 Å². The molecular weight excluding hydrogens is 192 g/mol. The van der Waals surface area contributed by atoms with Crippen LogP contribution in [0.3, 0.4) is 0 Å². The van der Waals surface area contributed by atoms with E-state index in [4.69, 9.17) is 4.74 Å². The molecule has 4 nitrogen and oxygen atoms in total. The lowest BCUT2D eigenvalue weighted by Gasteiger charge is -2.31. The molecule has 1 rings (SSSR count). The van der Waals surface area contributed by atoms with Gasteiger partial charge in [0, 0.05) is 26.3 Å². The number of hydrogen-bond acceptors (Lipinski definition) is 3. The maximum atomic E-state index is 11.6. The minimum absolute atomic E-state index is 0.215. The number of carbonyl (C=O) groups is 1. The SMILES string of the molecule is CCOCC1CCN(C(=O)CNC)CC1. The molecule has 0 radical (unpaired) electrons. The van der Waals surface area contributed by atoms with Crippen LogP contribution in [0.2, 0.25) is 0 Å². The Labute approximate surface area is 92.0 Å². The molecule has 1 fully saturated rings. The van der Waals surface area contributed by atoms with E-state index in [1.165, 1.54) is 0 Å². The van der Waals surface area contributed by atoms with Crippen LogP contribution < -0.4 is 5.32 Å². The standard InChI is InChI=1S/C11H22N2O2/c1-3-15-9-10-4-6-13(7-5-10)11(14)8-12-2/h10,12H,3-9H2,1-2H3. The molecule has 0 spiro atoms. The Hall–Kier alpha value is -0.610. The van der Waals surface area contributed by atoms with Crippen LogP contribution in [0.4, 0.5) is 0 Å². The molecule has 0 atom stereocenters. The average molecular weight is 214 g/mol. The molecular formula is C11H22N2O2. The van der Waals surface area contributed by atoms with E-state index in [1.54, 1.807) is 7.05 Å². The molecule has 0 aromatic heterocycles. The summed E-state index contributed by atoms with van der Waals surface area (Å²) < 4.78 is 5.40. The number of rotatable bonds is 5. The highest BCUT2D eigenvalue weighted by Gasteiger charge is 2.21. The van der Waals surface area contributed by atoms with Gasteiger partial charge in [0.15, 0.2) is 0 Å². The van der Waals surface area contributed by atoms with Crippen LogP contribution in [-0.2, 0) is 9.53 Å². The molecule has 1 N–H and O–H groups in total. The van der Waals surface area contributed by atoms with E-state index in [-0.39, 0.29) is 5.91 Å². The third-order valence-corrected chi connectivity index (χ3v) is 2.85. The summed E-state index contributed by atoms with van der Waals surface area (Å²) in [6.07, 6.45) is 2.16. The predicted octanol–water partition coefficient (Wildman–Crippen LogP) is 0.481. The summed E-state index contributed by atoms with van der Waals surface area (Å²) in [7, 11) is 1.81. The zero-order valence-corrected chi connectivity index (χ0v) is 9.79. The number of nitrogens with one attached hydrogen (secondary N) is 1. The van der Waals surface area contributed by atoms with Gasteiger partial charge < -0.3 is 15.0 Å². The summed E-state index contributed by atoms with van der Waals surface area (Å²) in [4.78, 5) is 13.5. The van der Waals surface area contributed by atoms with Crippen LogP contribution in [0.1, 0.15) is 19.8 Å². The molecule has 0 unspecified atom stereocenters. The third kappa shape index (κ3) is 4.18. The maximum absolute atomic E-state index is 11.6. The van der Waals surface area contributed by atoms with Crippen molar-refractivity contribution in [2.24, 2.45) is 5.92 Å². The number of carbonyl (C=O) groups excluding carboxylic acids is 1. The monoisotopic (exact) mass is 214 g/mol. The maximum Gasteiger partial charge on any atom is 0.236 e. The normalized spacial score (nSPS) is 18.1. The van der Waals surface area contributed by atoms with Crippen molar-refractivity contribution >= 4 is 5.91 Å². The van der Waals surface area contributed by atoms with Crippen molar-refractivity contribution in [2.45, 2.75) is 19.8 Å². The minimum Gasteiger partial charge on any atom is -0.381 e. The average Bonchev–Trinajstić information content (AvgIpc) is 2.27. The molecule has 0 aliphatic carbocycles. The Morgan fingerprint density at radius 3 is 2.67 bits per heavy atom. The summed E-state index contributed by atoms with van der Waals surface area (Å²) >= 11 is 0. The number of likely N-dealkylation sites (tertiary alicyclic amines) is 1. The quantitative estimate of drug-likeness (QED) is 0.724. The fourth-order valence-corrected chi connectivity index (χ4v) is 1.90. The smallest absolute Gasteiger partial charge is 0.236 e. The molecule has 1 heterocycles. The fraction of sp³-hybridized carbons (Fsp3) is 0.909. The van der Waals surface area contributed by atoms with E-state index in [1.807, 2.05) is 11.8 Å². The first kappa shape index (κ1) is 12.5. The number of ether oxygens (including phenoxy) is 1. The molecule has 0 aromatic carbocycles. The molecule has 1 aliphatic rings. The Morgan fingerprint density at radius 2 is 2.13 bits per heavy atom. The Morgan fingerprint density at radius 1 is 1.47 bits per heavy atom. The highest BCUT2D eigenvalue weighted by atomic mass is 16.5. The van der Waals surface area contributed by atoms with Crippen LogP contribution in [0.25, 0.3) is 0 Å². The third-order valence-electron chi connectivity index (χ3n) is 2.85. The van der Waals surface area contributed by atoms with Crippen molar-refractivity contribution in [1.29, 1.82) is 0 Å². The Balaban J connectivity index is 2.20. The largest absolute Gasteiger partial charge is 0.381 e. The van der Waals surface area contributed by atoms with Gasteiger partial charge >= 0.3 is 0 Å². The molecule has 4 heteroatoms. The number of likely N-dealkylation sites (N-methyl/N-ethyl adjacent to an activating group) is 1. The molecule has 0 saturated carbocycles. The second-order valence-electron chi connectivity index (χ2n) is 4.01. The summed E-state index contributed by atoms with van der Waals surface area (Å²) in [6, 6.07) is 0. The van der Waals surface area contributed by atoms with Gasteiger partial charge in [0.25, 0.3) is 0 Å². The van der Waals surface area contributed by atoms with Gasteiger partial charge in [0.05, 0.1) is 6.54 Å². The predicted molar refractivity (Wildman–Crippen MR) is 59.7 cm³/mol. The van der Waals surface area contributed by atoms with Crippen LogP contribution in [-0.4, -0.2) is 50.7 Å². The van der Waals surface area contributed by atoms with Crippen LogP contribution in [0.15, 0.2) is 0 Å². The number of piperidine rings is 1. The zero-order valence-electron chi connectivity index (χ0n) is 9.79. The highest BCUT2D eigenvalue weighted by Crippen LogP contribution is 2.17. The Kier molecular flexibility index (Phi) is 5.65. The number of nitrogens with zero attached hydrogens (tertiary/aromatic N) is 1. The first-order valence-electron chi connectivity index (χ1n) is 5.78. The number of hydrogen-bond donors (Lipinski definition) is 1. The van der Waals surface area contributed by atoms with E-state index in [0.29, 0.717) is 12.5 Å². The van der Waals surface area contributed by atoms with Gasteiger partial charge in [-0.25, -0.2) is 0 Å². The summed E-state index contributed by atoms with van der Waals surface area (Å²) in [5.41, 5.74) is 0. The van der Waals surface area contributed by atoms with Gasteiger partial charge in [-0.2, -0.15) is 0 Å². The lowest BCUT2D eigenvalue weighted by Crippen LogP contribution is -2.42. The van der Waals surface area contributed by atoms with Gasteiger partial charge in [-0.1, -0.05) is 0 Å².